The summed E-state index contributed by atoms with van der Waals surface area (Å²) in [5, 5.41) is 0. The molecule has 1 aliphatic heterocycles. The number of nitrogens with two attached hydrogens (primary N) is 1. The molecule has 76 valence electrons. The summed E-state index contributed by atoms with van der Waals surface area (Å²) >= 11 is 0. The van der Waals surface area contributed by atoms with Gasteiger partial charge in [-0.25, -0.2) is 0 Å². The monoisotopic (exact) mass is 183 g/mol. The van der Waals surface area contributed by atoms with Crippen LogP contribution in [0.3, 0.4) is 0 Å². The zero-order valence-corrected chi connectivity index (χ0v) is 8.81. The Labute approximate surface area is 80.8 Å². The summed E-state index contributed by atoms with van der Waals surface area (Å²) < 4.78 is 5.55. The molecule has 2 nitrogen and oxygen atoms in total. The second-order valence-electron chi connectivity index (χ2n) is 5.33. The van der Waals surface area contributed by atoms with Crippen molar-refractivity contribution < 1.29 is 4.74 Å². The van der Waals surface area contributed by atoms with Crippen LogP contribution in [0.4, 0.5) is 0 Å². The zero-order chi connectivity index (χ0) is 9.53. The molecule has 1 heterocycles. The van der Waals surface area contributed by atoms with Crippen molar-refractivity contribution in [2.24, 2.45) is 22.5 Å². The van der Waals surface area contributed by atoms with Crippen molar-refractivity contribution in [2.75, 3.05) is 19.8 Å². The van der Waals surface area contributed by atoms with Crippen molar-refractivity contribution in [1.29, 1.82) is 0 Å². The number of hydrogen-bond acceptors (Lipinski definition) is 2. The molecule has 2 fully saturated rings. The van der Waals surface area contributed by atoms with E-state index in [1.807, 2.05) is 0 Å². The predicted molar refractivity (Wildman–Crippen MR) is 53.4 cm³/mol. The summed E-state index contributed by atoms with van der Waals surface area (Å²) in [4.78, 5) is 0. The molecule has 2 heteroatoms. The van der Waals surface area contributed by atoms with Crippen LogP contribution < -0.4 is 5.73 Å². The molecular weight excluding hydrogens is 162 g/mol. The predicted octanol–water partition coefficient (Wildman–Crippen LogP) is 1.79. The Kier molecular flexibility index (Phi) is 2.16. The third kappa shape index (κ3) is 1.31. The summed E-state index contributed by atoms with van der Waals surface area (Å²) in [5.41, 5.74) is 6.80. The maximum Gasteiger partial charge on any atom is 0.0500 e. The van der Waals surface area contributed by atoms with Gasteiger partial charge in [0.05, 0.1) is 0 Å². The average molecular weight is 183 g/mol. The summed E-state index contributed by atoms with van der Waals surface area (Å²) in [5.74, 6) is 0.723. The fourth-order valence-corrected chi connectivity index (χ4v) is 3.13. The molecule has 1 saturated heterocycles. The van der Waals surface area contributed by atoms with E-state index in [2.05, 4.69) is 13.8 Å². The molecule has 0 amide bonds. The highest BCUT2D eigenvalue weighted by Crippen LogP contribution is 2.67. The largest absolute Gasteiger partial charge is 0.381 e. The SMILES string of the molecule is CC1(C)CC1(CN)C1CCCOC1. The maximum atomic E-state index is 5.92. The van der Waals surface area contributed by atoms with Gasteiger partial charge in [0.1, 0.15) is 0 Å². The molecule has 13 heavy (non-hydrogen) atoms. The fourth-order valence-electron chi connectivity index (χ4n) is 3.13. The molecule has 2 N–H and O–H groups in total. The molecule has 0 aromatic rings. The lowest BCUT2D eigenvalue weighted by atomic mass is 9.79. The molecule has 1 saturated carbocycles. The Morgan fingerprint density at radius 3 is 2.54 bits per heavy atom. The molecule has 2 rings (SSSR count). The summed E-state index contributed by atoms with van der Waals surface area (Å²) in [7, 11) is 0. The Bertz CT molecular complexity index is 196. The highest BCUT2D eigenvalue weighted by Gasteiger charge is 2.63. The van der Waals surface area contributed by atoms with Crippen molar-refractivity contribution in [1.82, 2.24) is 0 Å². The van der Waals surface area contributed by atoms with E-state index in [1.54, 1.807) is 0 Å². The van der Waals surface area contributed by atoms with Crippen LogP contribution in [-0.4, -0.2) is 19.8 Å². The standard InChI is InChI=1S/C11H21NO/c1-10(2)7-11(10,8-12)9-4-3-5-13-6-9/h9H,3-8,12H2,1-2H3. The topological polar surface area (TPSA) is 35.2 Å². The first kappa shape index (κ1) is 9.47. The minimum Gasteiger partial charge on any atom is -0.381 e. The van der Waals surface area contributed by atoms with Crippen LogP contribution in [0.5, 0.6) is 0 Å². The lowest BCUT2D eigenvalue weighted by molar-refractivity contribution is 0.0165. The first-order valence-electron chi connectivity index (χ1n) is 5.40. The molecule has 1 aliphatic carbocycles. The molecule has 0 spiro atoms. The van der Waals surface area contributed by atoms with E-state index in [0.29, 0.717) is 10.8 Å². The van der Waals surface area contributed by atoms with Crippen LogP contribution >= 0.6 is 0 Å². The third-order valence-electron chi connectivity index (χ3n) is 4.29. The second-order valence-corrected chi connectivity index (χ2v) is 5.33. The van der Waals surface area contributed by atoms with E-state index in [0.717, 1.165) is 25.7 Å². The van der Waals surface area contributed by atoms with Crippen molar-refractivity contribution >= 4 is 0 Å². The van der Waals surface area contributed by atoms with Gasteiger partial charge in [0.25, 0.3) is 0 Å². The lowest BCUT2D eigenvalue weighted by Gasteiger charge is -2.32. The van der Waals surface area contributed by atoms with Gasteiger partial charge in [0, 0.05) is 13.2 Å². The number of rotatable bonds is 2. The Hall–Kier alpha value is -0.0800. The molecule has 0 aromatic heterocycles. The molecule has 0 radical (unpaired) electrons. The first-order chi connectivity index (χ1) is 6.12. The van der Waals surface area contributed by atoms with Gasteiger partial charge in [-0.3, -0.25) is 0 Å². The Morgan fingerprint density at radius 1 is 1.46 bits per heavy atom. The Morgan fingerprint density at radius 2 is 2.15 bits per heavy atom. The van der Waals surface area contributed by atoms with E-state index in [-0.39, 0.29) is 0 Å². The lowest BCUT2D eigenvalue weighted by Crippen LogP contribution is -2.34. The van der Waals surface area contributed by atoms with E-state index >= 15 is 0 Å². The third-order valence-corrected chi connectivity index (χ3v) is 4.29. The molecular formula is C11H21NO. The maximum absolute atomic E-state index is 5.92. The van der Waals surface area contributed by atoms with Crippen LogP contribution in [0.2, 0.25) is 0 Å². The minimum absolute atomic E-state index is 0.410. The first-order valence-corrected chi connectivity index (χ1v) is 5.40. The number of ether oxygens (including phenoxy) is 1. The second kappa shape index (κ2) is 2.96. The average Bonchev–Trinajstić information content (AvgIpc) is 2.72. The quantitative estimate of drug-likeness (QED) is 0.708. The molecule has 2 atom stereocenters. The van der Waals surface area contributed by atoms with Crippen LogP contribution in [0.25, 0.3) is 0 Å². The fraction of sp³-hybridized carbons (Fsp3) is 1.00. The molecule has 2 aliphatic rings. The van der Waals surface area contributed by atoms with Gasteiger partial charge in [-0.15, -0.1) is 0 Å². The molecule has 2 unspecified atom stereocenters. The van der Waals surface area contributed by atoms with E-state index in [9.17, 15) is 0 Å². The van der Waals surface area contributed by atoms with Crippen molar-refractivity contribution in [2.45, 2.75) is 33.1 Å². The normalized spacial score (nSPS) is 43.2. The van der Waals surface area contributed by atoms with Gasteiger partial charge in [0.15, 0.2) is 0 Å². The van der Waals surface area contributed by atoms with Gasteiger partial charge in [-0.1, -0.05) is 13.8 Å². The molecule has 0 bridgehead atoms. The van der Waals surface area contributed by atoms with Crippen LogP contribution in [0.15, 0.2) is 0 Å². The van der Waals surface area contributed by atoms with Gasteiger partial charge in [-0.05, 0) is 42.6 Å². The van der Waals surface area contributed by atoms with E-state index in [4.69, 9.17) is 10.5 Å². The zero-order valence-electron chi connectivity index (χ0n) is 8.81. The summed E-state index contributed by atoms with van der Waals surface area (Å²) in [6.07, 6.45) is 3.84. The van der Waals surface area contributed by atoms with Crippen molar-refractivity contribution in [3.8, 4) is 0 Å². The van der Waals surface area contributed by atoms with Crippen molar-refractivity contribution in [3.05, 3.63) is 0 Å². The van der Waals surface area contributed by atoms with E-state index in [1.165, 1.54) is 19.3 Å². The van der Waals surface area contributed by atoms with Gasteiger partial charge >= 0.3 is 0 Å². The van der Waals surface area contributed by atoms with Gasteiger partial charge in [0.2, 0.25) is 0 Å². The van der Waals surface area contributed by atoms with Crippen molar-refractivity contribution in [3.63, 3.8) is 0 Å². The van der Waals surface area contributed by atoms with Crippen LogP contribution in [-0.2, 0) is 4.74 Å². The van der Waals surface area contributed by atoms with Gasteiger partial charge < -0.3 is 10.5 Å². The van der Waals surface area contributed by atoms with E-state index < -0.39 is 0 Å². The van der Waals surface area contributed by atoms with Crippen LogP contribution in [0, 0.1) is 16.7 Å². The summed E-state index contributed by atoms with van der Waals surface area (Å²) in [6, 6.07) is 0. The van der Waals surface area contributed by atoms with Crippen LogP contribution in [0.1, 0.15) is 33.1 Å². The molecule has 0 aromatic carbocycles. The highest BCUT2D eigenvalue weighted by atomic mass is 16.5. The summed E-state index contributed by atoms with van der Waals surface area (Å²) in [6.45, 7) is 7.43. The Balaban J connectivity index is 2.05. The smallest absolute Gasteiger partial charge is 0.0500 e. The minimum atomic E-state index is 0.410. The number of hydrogen-bond donors (Lipinski definition) is 1. The van der Waals surface area contributed by atoms with Gasteiger partial charge in [-0.2, -0.15) is 0 Å². The highest BCUT2D eigenvalue weighted by molar-refractivity contribution is 5.13.